The number of likely N-dealkylation sites (tertiary alicyclic amines) is 1. The Morgan fingerprint density at radius 1 is 1.14 bits per heavy atom. The zero-order valence-corrected chi connectivity index (χ0v) is 18.0. The Balaban J connectivity index is 1.97. The van der Waals surface area contributed by atoms with E-state index < -0.39 is 5.41 Å². The molecule has 1 N–H and O–H groups in total. The number of carbonyl (C=O) groups is 2. The third-order valence-corrected chi connectivity index (χ3v) is 5.79. The van der Waals surface area contributed by atoms with Gasteiger partial charge in [-0.25, -0.2) is 0 Å². The van der Waals surface area contributed by atoms with Gasteiger partial charge in [-0.15, -0.1) is 0 Å². The van der Waals surface area contributed by atoms with Crippen LogP contribution in [0.4, 0.5) is 0 Å². The molecule has 3 rings (SSSR count). The smallest absolute Gasteiger partial charge is 0.228 e. The van der Waals surface area contributed by atoms with E-state index in [2.05, 4.69) is 48.6 Å². The van der Waals surface area contributed by atoms with E-state index in [1.807, 2.05) is 37.8 Å². The summed E-state index contributed by atoms with van der Waals surface area (Å²) in [5, 5.41) is 3.11. The molecule has 0 spiro atoms. The van der Waals surface area contributed by atoms with Crippen LogP contribution in [0.3, 0.4) is 0 Å². The topological polar surface area (TPSA) is 49.4 Å². The maximum atomic E-state index is 13.3. The molecule has 1 saturated heterocycles. The van der Waals surface area contributed by atoms with Crippen LogP contribution in [0.15, 0.2) is 48.5 Å². The van der Waals surface area contributed by atoms with Crippen LogP contribution in [-0.2, 0) is 16.0 Å². The van der Waals surface area contributed by atoms with Crippen molar-refractivity contribution in [2.75, 3.05) is 13.1 Å². The van der Waals surface area contributed by atoms with Crippen molar-refractivity contribution in [1.29, 1.82) is 0 Å². The van der Waals surface area contributed by atoms with Gasteiger partial charge in [0.25, 0.3) is 0 Å². The van der Waals surface area contributed by atoms with Crippen LogP contribution in [-0.4, -0.2) is 35.8 Å². The molecule has 0 unspecified atom stereocenters. The third kappa shape index (κ3) is 4.69. The lowest BCUT2D eigenvalue weighted by Crippen LogP contribution is -2.47. The fourth-order valence-corrected chi connectivity index (χ4v) is 4.27. The quantitative estimate of drug-likeness (QED) is 0.794. The molecule has 154 valence electrons. The number of nitrogens with zero attached hydrogens (tertiary/aromatic N) is 1. The number of hydrogen-bond donors (Lipinski definition) is 1. The second-order valence-electron chi connectivity index (χ2n) is 8.53. The Morgan fingerprint density at radius 3 is 2.59 bits per heavy atom. The highest BCUT2D eigenvalue weighted by molar-refractivity contribution is 5.86. The van der Waals surface area contributed by atoms with Crippen molar-refractivity contribution in [2.24, 2.45) is 5.41 Å². The third-order valence-electron chi connectivity index (χ3n) is 5.79. The van der Waals surface area contributed by atoms with E-state index in [0.29, 0.717) is 32.4 Å². The van der Waals surface area contributed by atoms with E-state index in [4.69, 9.17) is 0 Å². The zero-order chi connectivity index (χ0) is 21.0. The average molecular weight is 393 g/mol. The van der Waals surface area contributed by atoms with Crippen molar-refractivity contribution >= 4 is 11.8 Å². The molecule has 1 atom stereocenters. The van der Waals surface area contributed by atoms with Crippen molar-refractivity contribution in [3.8, 4) is 11.1 Å². The first-order chi connectivity index (χ1) is 13.8. The Kier molecular flexibility index (Phi) is 6.41. The molecule has 4 nitrogen and oxygen atoms in total. The van der Waals surface area contributed by atoms with Crippen molar-refractivity contribution in [2.45, 2.75) is 53.0 Å². The van der Waals surface area contributed by atoms with Crippen molar-refractivity contribution in [3.05, 3.63) is 59.7 Å². The summed E-state index contributed by atoms with van der Waals surface area (Å²) in [5.74, 6) is 0.175. The highest BCUT2D eigenvalue weighted by Crippen LogP contribution is 2.38. The molecular formula is C25H32N2O2. The van der Waals surface area contributed by atoms with E-state index in [0.717, 1.165) is 11.1 Å². The molecule has 2 amide bonds. The highest BCUT2D eigenvalue weighted by Gasteiger charge is 2.46. The molecule has 29 heavy (non-hydrogen) atoms. The van der Waals surface area contributed by atoms with Crippen molar-refractivity contribution in [1.82, 2.24) is 10.2 Å². The van der Waals surface area contributed by atoms with Crippen LogP contribution in [0.2, 0.25) is 0 Å². The number of hydrogen-bond acceptors (Lipinski definition) is 2. The molecule has 1 fully saturated rings. The minimum atomic E-state index is -0.588. The number of rotatable bonds is 6. The second kappa shape index (κ2) is 8.81. The summed E-state index contributed by atoms with van der Waals surface area (Å²) in [4.78, 5) is 27.5. The molecule has 0 aromatic heterocycles. The first-order valence-corrected chi connectivity index (χ1v) is 10.6. The van der Waals surface area contributed by atoms with Gasteiger partial charge in [-0.2, -0.15) is 0 Å². The monoisotopic (exact) mass is 392 g/mol. The van der Waals surface area contributed by atoms with Gasteiger partial charge in [-0.3, -0.25) is 9.59 Å². The van der Waals surface area contributed by atoms with Crippen molar-refractivity contribution < 1.29 is 9.59 Å². The highest BCUT2D eigenvalue weighted by atomic mass is 16.2. The first-order valence-electron chi connectivity index (χ1n) is 10.6. The van der Waals surface area contributed by atoms with E-state index in [9.17, 15) is 9.59 Å². The van der Waals surface area contributed by atoms with E-state index >= 15 is 0 Å². The Bertz CT molecular complexity index is 890. The number of carbonyl (C=O) groups excluding carboxylic acids is 2. The Morgan fingerprint density at radius 2 is 1.90 bits per heavy atom. The van der Waals surface area contributed by atoms with E-state index in [1.165, 1.54) is 11.1 Å². The summed E-state index contributed by atoms with van der Waals surface area (Å²) in [5.41, 5.74) is 4.11. The van der Waals surface area contributed by atoms with Gasteiger partial charge in [0, 0.05) is 25.6 Å². The fourth-order valence-electron chi connectivity index (χ4n) is 4.27. The molecule has 0 aliphatic carbocycles. The molecule has 1 aliphatic rings. The molecule has 1 heterocycles. The standard InChI is InChI=1S/C25H32N2O2/c1-5-23(28)27-14-13-25(17-27,24(29)26-18(2)3)16-21-10-6-7-12-22(21)20-11-8-9-19(4)15-20/h6-12,15,18H,5,13-14,16-17H2,1-4H3,(H,26,29)/t25-/m1/s1. The normalized spacial score (nSPS) is 18.9. The Hall–Kier alpha value is -2.62. The predicted molar refractivity (Wildman–Crippen MR) is 118 cm³/mol. The SMILES string of the molecule is CCC(=O)N1CC[C@](Cc2ccccc2-c2cccc(C)c2)(C(=O)NC(C)C)C1. The summed E-state index contributed by atoms with van der Waals surface area (Å²) in [6.07, 6.45) is 1.80. The second-order valence-corrected chi connectivity index (χ2v) is 8.53. The minimum Gasteiger partial charge on any atom is -0.353 e. The van der Waals surface area contributed by atoms with Gasteiger partial charge in [-0.05, 0) is 50.3 Å². The van der Waals surface area contributed by atoms with Crippen LogP contribution < -0.4 is 5.32 Å². The summed E-state index contributed by atoms with van der Waals surface area (Å²) in [7, 11) is 0. The van der Waals surface area contributed by atoms with Crippen LogP contribution in [0.1, 0.15) is 44.7 Å². The molecule has 1 aliphatic heterocycles. The summed E-state index contributed by atoms with van der Waals surface area (Å²) < 4.78 is 0. The average Bonchev–Trinajstić information content (AvgIpc) is 3.13. The molecule has 0 bridgehead atoms. The zero-order valence-electron chi connectivity index (χ0n) is 18.0. The maximum Gasteiger partial charge on any atom is 0.228 e. The number of nitrogens with one attached hydrogen (secondary N) is 1. The molecule has 2 aromatic carbocycles. The van der Waals surface area contributed by atoms with Gasteiger partial charge < -0.3 is 10.2 Å². The van der Waals surface area contributed by atoms with Crippen LogP contribution in [0, 0.1) is 12.3 Å². The van der Waals surface area contributed by atoms with Crippen LogP contribution in [0.5, 0.6) is 0 Å². The summed E-state index contributed by atoms with van der Waals surface area (Å²) in [6, 6.07) is 16.9. The maximum absolute atomic E-state index is 13.3. The number of benzene rings is 2. The molecule has 0 radical (unpaired) electrons. The lowest BCUT2D eigenvalue weighted by Gasteiger charge is -2.30. The summed E-state index contributed by atoms with van der Waals surface area (Å²) >= 11 is 0. The van der Waals surface area contributed by atoms with Gasteiger partial charge in [0.1, 0.15) is 0 Å². The van der Waals surface area contributed by atoms with Crippen LogP contribution >= 0.6 is 0 Å². The predicted octanol–water partition coefficient (Wildman–Crippen LogP) is 4.36. The fraction of sp³-hybridized carbons (Fsp3) is 0.440. The molecular weight excluding hydrogens is 360 g/mol. The van der Waals surface area contributed by atoms with Gasteiger partial charge in [0.15, 0.2) is 0 Å². The van der Waals surface area contributed by atoms with E-state index in [1.54, 1.807) is 0 Å². The molecule has 4 heteroatoms. The van der Waals surface area contributed by atoms with Gasteiger partial charge in [0.05, 0.1) is 5.41 Å². The molecule has 2 aromatic rings. The largest absolute Gasteiger partial charge is 0.353 e. The summed E-state index contributed by atoms with van der Waals surface area (Å²) in [6.45, 7) is 9.07. The minimum absolute atomic E-state index is 0.0537. The molecule has 0 saturated carbocycles. The van der Waals surface area contributed by atoms with Gasteiger partial charge in [0.2, 0.25) is 11.8 Å². The van der Waals surface area contributed by atoms with Gasteiger partial charge >= 0.3 is 0 Å². The van der Waals surface area contributed by atoms with Crippen molar-refractivity contribution in [3.63, 3.8) is 0 Å². The van der Waals surface area contributed by atoms with Crippen LogP contribution in [0.25, 0.3) is 11.1 Å². The lowest BCUT2D eigenvalue weighted by atomic mass is 9.78. The Labute approximate surface area is 174 Å². The first kappa shape index (κ1) is 21.1. The van der Waals surface area contributed by atoms with Gasteiger partial charge in [-0.1, -0.05) is 61.0 Å². The number of aryl methyl sites for hydroxylation is 1. The number of amides is 2. The lowest BCUT2D eigenvalue weighted by molar-refractivity contribution is -0.133. The van der Waals surface area contributed by atoms with E-state index in [-0.39, 0.29) is 17.9 Å².